The molecule has 6 nitrogen and oxygen atoms in total. The van der Waals surface area contributed by atoms with Gasteiger partial charge in [0.2, 0.25) is 0 Å². The zero-order valence-corrected chi connectivity index (χ0v) is 19.4. The second-order valence-electron chi connectivity index (χ2n) is 7.96. The average molecular weight is 450 g/mol. The smallest absolute Gasteiger partial charge is 0.408 e. The second-order valence-corrected chi connectivity index (χ2v) is 7.96. The van der Waals surface area contributed by atoms with Gasteiger partial charge in [-0.05, 0) is 67.2 Å². The van der Waals surface area contributed by atoms with Crippen molar-refractivity contribution in [1.29, 1.82) is 0 Å². The molecule has 1 amide bonds. The van der Waals surface area contributed by atoms with Crippen molar-refractivity contribution < 1.29 is 23.5 Å². The van der Waals surface area contributed by atoms with Gasteiger partial charge in [0, 0.05) is 0 Å². The molecule has 0 fully saturated rings. The van der Waals surface area contributed by atoms with Crippen molar-refractivity contribution in [3.63, 3.8) is 0 Å². The number of alkyl carbamates (subject to hydrolysis) is 1. The van der Waals surface area contributed by atoms with Crippen LogP contribution in [-0.2, 0) is 20.7 Å². The molecule has 2 atom stereocenters. The molecule has 174 valence electrons. The van der Waals surface area contributed by atoms with Gasteiger partial charge >= 0.3 is 12.1 Å². The molecule has 1 N–H and O–H groups in total. The zero-order valence-electron chi connectivity index (χ0n) is 19.4. The average Bonchev–Trinajstić information content (AvgIpc) is 3.31. The monoisotopic (exact) mass is 449 g/mol. The molecular formula is C27H31NO5. The molecule has 6 heteroatoms. The zero-order chi connectivity index (χ0) is 23.6. The fourth-order valence-corrected chi connectivity index (χ4v) is 3.75. The number of esters is 1. The maximum atomic E-state index is 12.8. The fourth-order valence-electron chi connectivity index (χ4n) is 3.75. The molecule has 1 heterocycles. The molecule has 0 radical (unpaired) electrons. The van der Waals surface area contributed by atoms with Crippen molar-refractivity contribution in [2.45, 2.75) is 52.2 Å². The quantitative estimate of drug-likeness (QED) is 0.298. The first-order valence-corrected chi connectivity index (χ1v) is 11.3. The van der Waals surface area contributed by atoms with Crippen LogP contribution in [0.5, 0.6) is 0 Å². The lowest BCUT2D eigenvalue weighted by Gasteiger charge is -2.21. The highest BCUT2D eigenvalue weighted by Crippen LogP contribution is 2.24. The Labute approximate surface area is 194 Å². The molecule has 1 aromatic heterocycles. The highest BCUT2D eigenvalue weighted by molar-refractivity contribution is 5.86. The summed E-state index contributed by atoms with van der Waals surface area (Å²) >= 11 is 0. The molecule has 0 saturated carbocycles. The molecule has 0 unspecified atom stereocenters. The van der Waals surface area contributed by atoms with Crippen molar-refractivity contribution >= 4 is 22.8 Å². The van der Waals surface area contributed by atoms with E-state index in [4.69, 9.17) is 13.9 Å². The number of fused-ring (bicyclic) bond motifs is 1. The number of carbonyl (C=O) groups excluding carboxylic acids is 2. The largest absolute Gasteiger partial charge is 0.472 e. The molecule has 33 heavy (non-hydrogen) atoms. The van der Waals surface area contributed by atoms with Crippen LogP contribution in [0, 0.1) is 0 Å². The number of aryl methyl sites for hydroxylation is 1. The first-order valence-electron chi connectivity index (χ1n) is 11.3. The van der Waals surface area contributed by atoms with E-state index < -0.39 is 18.2 Å². The van der Waals surface area contributed by atoms with Gasteiger partial charge < -0.3 is 19.2 Å². The molecular weight excluding hydrogens is 418 g/mol. The van der Waals surface area contributed by atoms with E-state index in [2.05, 4.69) is 5.32 Å². The number of ether oxygens (including phenoxy) is 2. The third-order valence-electron chi connectivity index (χ3n) is 5.52. The Hall–Kier alpha value is -3.54. The molecule has 0 aliphatic heterocycles. The van der Waals surface area contributed by atoms with E-state index in [1.165, 1.54) is 0 Å². The highest BCUT2D eigenvalue weighted by Gasteiger charge is 2.22. The number of amides is 1. The van der Waals surface area contributed by atoms with E-state index in [9.17, 15) is 9.59 Å². The fraction of sp³-hybridized carbons (Fsp3) is 0.333. The van der Waals surface area contributed by atoms with E-state index in [-0.39, 0.29) is 19.1 Å². The minimum atomic E-state index is -0.701. The van der Waals surface area contributed by atoms with Crippen LogP contribution in [0.1, 0.15) is 50.8 Å². The molecule has 0 aliphatic carbocycles. The van der Waals surface area contributed by atoms with E-state index in [0.717, 1.165) is 40.3 Å². The minimum absolute atomic E-state index is 0.0298. The third-order valence-corrected chi connectivity index (χ3v) is 5.52. The lowest BCUT2D eigenvalue weighted by Crippen LogP contribution is -2.33. The molecule has 0 spiro atoms. The number of furan rings is 1. The van der Waals surface area contributed by atoms with Crippen LogP contribution in [-0.4, -0.2) is 24.8 Å². The van der Waals surface area contributed by atoms with Crippen LogP contribution in [0.15, 0.2) is 77.1 Å². The maximum Gasteiger partial charge on any atom is 0.408 e. The van der Waals surface area contributed by atoms with Crippen molar-refractivity contribution in [3.8, 4) is 0 Å². The first kappa shape index (κ1) is 24.1. The van der Waals surface area contributed by atoms with Crippen LogP contribution < -0.4 is 5.32 Å². The topological polar surface area (TPSA) is 77.8 Å². The normalized spacial score (nSPS) is 13.4. The number of nitrogens with one attached hydrogen (secondary N) is 1. The summed E-state index contributed by atoms with van der Waals surface area (Å²) in [7, 11) is 0. The first-order chi connectivity index (χ1) is 16.0. The van der Waals surface area contributed by atoms with Crippen LogP contribution in [0.25, 0.3) is 10.8 Å². The Kier molecular flexibility index (Phi) is 8.70. The number of rotatable bonds is 10. The molecule has 0 aliphatic rings. The number of benzene rings is 2. The number of hydrogen-bond acceptors (Lipinski definition) is 5. The maximum absolute atomic E-state index is 12.8. The Balaban J connectivity index is 1.67. The lowest BCUT2D eigenvalue weighted by atomic mass is 10.00. The Morgan fingerprint density at radius 1 is 1.12 bits per heavy atom. The second kappa shape index (κ2) is 11.9. The predicted octanol–water partition coefficient (Wildman–Crippen LogP) is 6.12. The summed E-state index contributed by atoms with van der Waals surface area (Å²) < 4.78 is 15.9. The number of carbonyl (C=O) groups is 2. The van der Waals surface area contributed by atoms with Gasteiger partial charge in [-0.2, -0.15) is 0 Å². The Morgan fingerprint density at radius 2 is 1.91 bits per heavy atom. The van der Waals surface area contributed by atoms with Gasteiger partial charge in [0.05, 0.1) is 31.6 Å². The summed E-state index contributed by atoms with van der Waals surface area (Å²) in [5, 5.41) is 5.08. The summed E-state index contributed by atoms with van der Waals surface area (Å²) in [6, 6.07) is 15.7. The lowest BCUT2D eigenvalue weighted by molar-refractivity contribution is -0.144. The van der Waals surface area contributed by atoms with Crippen molar-refractivity contribution in [2.24, 2.45) is 0 Å². The molecule has 3 aromatic rings. The van der Waals surface area contributed by atoms with Gasteiger partial charge in [0.15, 0.2) is 0 Å². The summed E-state index contributed by atoms with van der Waals surface area (Å²) in [5.41, 5.74) is 2.89. The van der Waals surface area contributed by atoms with Crippen LogP contribution >= 0.6 is 0 Å². The third kappa shape index (κ3) is 6.97. The summed E-state index contributed by atoms with van der Waals surface area (Å²) in [6.07, 6.45) is 5.56. The van der Waals surface area contributed by atoms with Gasteiger partial charge in [-0.25, -0.2) is 4.79 Å². The van der Waals surface area contributed by atoms with Gasteiger partial charge in [-0.15, -0.1) is 0 Å². The standard InChI is InChI=1S/C27H31NO5/c1-4-32-26(29)17-25(19(2)9-7-10-21-15-16-31-18-21)33-27(30)28-20(3)23-14-8-12-22-11-5-6-13-24(22)23/h5-6,8-9,11-16,18,20,25H,4,7,10,17H2,1-3H3,(H,28,30)/b19-9+/t20-,25-/m0/s1. The van der Waals surface area contributed by atoms with Crippen LogP contribution in [0.2, 0.25) is 0 Å². The van der Waals surface area contributed by atoms with Gasteiger partial charge in [0.25, 0.3) is 0 Å². The Bertz CT molecular complexity index is 1080. The van der Waals surface area contributed by atoms with Crippen molar-refractivity contribution in [1.82, 2.24) is 5.32 Å². The van der Waals surface area contributed by atoms with E-state index in [0.29, 0.717) is 0 Å². The Morgan fingerprint density at radius 3 is 2.67 bits per heavy atom. The molecule has 2 aromatic carbocycles. The van der Waals surface area contributed by atoms with Gasteiger partial charge in [-0.3, -0.25) is 4.79 Å². The summed E-state index contributed by atoms with van der Waals surface area (Å²) in [6.45, 7) is 5.80. The van der Waals surface area contributed by atoms with Gasteiger partial charge in [-0.1, -0.05) is 48.5 Å². The van der Waals surface area contributed by atoms with E-state index in [1.54, 1.807) is 19.5 Å². The number of hydrogen-bond donors (Lipinski definition) is 1. The molecule has 0 saturated heterocycles. The van der Waals surface area contributed by atoms with Crippen molar-refractivity contribution in [2.75, 3.05) is 6.61 Å². The van der Waals surface area contributed by atoms with Crippen molar-refractivity contribution in [3.05, 3.63) is 83.8 Å². The summed E-state index contributed by atoms with van der Waals surface area (Å²) in [5.74, 6) is -0.403. The minimum Gasteiger partial charge on any atom is -0.472 e. The van der Waals surface area contributed by atoms with E-state index >= 15 is 0 Å². The van der Waals surface area contributed by atoms with Gasteiger partial charge in [0.1, 0.15) is 6.10 Å². The highest BCUT2D eigenvalue weighted by atomic mass is 16.6. The van der Waals surface area contributed by atoms with Crippen LogP contribution in [0.3, 0.4) is 0 Å². The van der Waals surface area contributed by atoms with E-state index in [1.807, 2.05) is 68.5 Å². The molecule has 0 bridgehead atoms. The summed E-state index contributed by atoms with van der Waals surface area (Å²) in [4.78, 5) is 24.9. The SMILES string of the molecule is CCOC(=O)C[C@H](OC(=O)N[C@@H](C)c1cccc2ccccc12)/C(C)=C/CCc1ccoc1. The molecule has 3 rings (SSSR count). The number of allylic oxidation sites excluding steroid dienone is 1. The van der Waals surface area contributed by atoms with Crippen LogP contribution in [0.4, 0.5) is 4.79 Å². The predicted molar refractivity (Wildman–Crippen MR) is 128 cm³/mol.